The van der Waals surface area contributed by atoms with E-state index in [4.69, 9.17) is 0 Å². The van der Waals surface area contributed by atoms with Crippen molar-refractivity contribution >= 4 is 23.6 Å². The molecule has 4 nitrogen and oxygen atoms in total. The molecule has 5 heteroatoms. The molecule has 0 aromatic carbocycles. The molecule has 1 saturated heterocycles. The zero-order chi connectivity index (χ0) is 13.1. The number of thioether (sulfide) groups is 1. The van der Waals surface area contributed by atoms with E-state index >= 15 is 0 Å². The van der Waals surface area contributed by atoms with Crippen LogP contribution in [0.4, 0.5) is 0 Å². The van der Waals surface area contributed by atoms with Gasteiger partial charge in [0.1, 0.15) is 12.1 Å². The van der Waals surface area contributed by atoms with E-state index in [0.717, 1.165) is 31.6 Å². The molecule has 0 aromatic heterocycles. The molecule has 2 atom stereocenters. The van der Waals surface area contributed by atoms with Crippen molar-refractivity contribution in [1.82, 2.24) is 10.2 Å². The lowest BCUT2D eigenvalue weighted by atomic mass is 10.0. The van der Waals surface area contributed by atoms with Gasteiger partial charge in [0.15, 0.2) is 0 Å². The number of hydrogen-bond acceptors (Lipinski definition) is 3. The first-order valence-corrected chi connectivity index (χ1v) is 8.18. The van der Waals surface area contributed by atoms with Crippen molar-refractivity contribution in [1.29, 1.82) is 0 Å². The SMILES string of the molecule is CCC1C(=O)NC(C2CC2)C(=O)N1CCCSC. The molecule has 2 rings (SSSR count). The van der Waals surface area contributed by atoms with Gasteiger partial charge in [-0.2, -0.15) is 11.8 Å². The lowest BCUT2D eigenvalue weighted by Gasteiger charge is -2.38. The van der Waals surface area contributed by atoms with Crippen LogP contribution in [-0.4, -0.2) is 47.4 Å². The summed E-state index contributed by atoms with van der Waals surface area (Å²) in [5.41, 5.74) is 0. The third kappa shape index (κ3) is 2.82. The molecule has 18 heavy (non-hydrogen) atoms. The van der Waals surface area contributed by atoms with Gasteiger partial charge < -0.3 is 10.2 Å². The lowest BCUT2D eigenvalue weighted by molar-refractivity contribution is -0.150. The molecule has 2 unspecified atom stereocenters. The molecular formula is C13H22N2O2S. The van der Waals surface area contributed by atoms with Crippen molar-refractivity contribution in [2.45, 2.75) is 44.7 Å². The molecule has 0 bridgehead atoms. The van der Waals surface area contributed by atoms with E-state index in [2.05, 4.69) is 11.6 Å². The van der Waals surface area contributed by atoms with Crippen LogP contribution in [0.2, 0.25) is 0 Å². The Kier molecular flexibility index (Phi) is 4.54. The molecule has 2 aliphatic rings. The monoisotopic (exact) mass is 270 g/mol. The van der Waals surface area contributed by atoms with E-state index in [0.29, 0.717) is 12.3 Å². The highest BCUT2D eigenvalue weighted by Gasteiger charge is 2.45. The highest BCUT2D eigenvalue weighted by atomic mass is 32.2. The van der Waals surface area contributed by atoms with E-state index in [1.165, 1.54) is 0 Å². The van der Waals surface area contributed by atoms with Crippen LogP contribution >= 0.6 is 11.8 Å². The summed E-state index contributed by atoms with van der Waals surface area (Å²) in [5.74, 6) is 1.61. The van der Waals surface area contributed by atoms with Crippen molar-refractivity contribution in [2.24, 2.45) is 5.92 Å². The Balaban J connectivity index is 2.03. The van der Waals surface area contributed by atoms with Crippen molar-refractivity contribution in [2.75, 3.05) is 18.6 Å². The molecule has 1 aliphatic carbocycles. The Hall–Kier alpha value is -0.710. The second-order valence-electron chi connectivity index (χ2n) is 5.13. The van der Waals surface area contributed by atoms with Gasteiger partial charge in [0, 0.05) is 6.54 Å². The summed E-state index contributed by atoms with van der Waals surface area (Å²) in [6, 6.07) is -0.496. The minimum atomic E-state index is -0.255. The van der Waals surface area contributed by atoms with Crippen molar-refractivity contribution in [3.05, 3.63) is 0 Å². The highest BCUT2D eigenvalue weighted by Crippen LogP contribution is 2.35. The topological polar surface area (TPSA) is 49.4 Å². The minimum Gasteiger partial charge on any atom is -0.342 e. The van der Waals surface area contributed by atoms with E-state index in [9.17, 15) is 9.59 Å². The number of nitrogens with zero attached hydrogens (tertiary/aromatic N) is 1. The van der Waals surface area contributed by atoms with Crippen LogP contribution in [-0.2, 0) is 9.59 Å². The number of hydrogen-bond donors (Lipinski definition) is 1. The molecule has 102 valence electrons. The van der Waals surface area contributed by atoms with Gasteiger partial charge in [-0.15, -0.1) is 0 Å². The number of rotatable bonds is 6. The smallest absolute Gasteiger partial charge is 0.246 e. The molecule has 1 aliphatic heterocycles. The molecule has 0 radical (unpaired) electrons. The van der Waals surface area contributed by atoms with Crippen molar-refractivity contribution < 1.29 is 9.59 Å². The maximum Gasteiger partial charge on any atom is 0.246 e. The average molecular weight is 270 g/mol. The predicted octanol–water partition coefficient (Wildman–Crippen LogP) is 1.26. The van der Waals surface area contributed by atoms with Gasteiger partial charge in [-0.25, -0.2) is 0 Å². The van der Waals surface area contributed by atoms with Gasteiger partial charge in [-0.3, -0.25) is 9.59 Å². The van der Waals surface area contributed by atoms with E-state index in [1.807, 2.05) is 11.8 Å². The minimum absolute atomic E-state index is 0.0400. The summed E-state index contributed by atoms with van der Waals surface area (Å²) in [4.78, 5) is 26.3. The number of carbonyl (C=O) groups is 2. The zero-order valence-corrected chi connectivity index (χ0v) is 12.0. The standard InChI is InChI=1S/C13H22N2O2S/c1-3-10-12(16)14-11(9-5-6-9)13(17)15(10)7-4-8-18-2/h9-11H,3-8H2,1-2H3,(H,14,16). The third-order valence-electron chi connectivity index (χ3n) is 3.75. The van der Waals surface area contributed by atoms with Gasteiger partial charge >= 0.3 is 0 Å². The van der Waals surface area contributed by atoms with Crippen LogP contribution in [0.5, 0.6) is 0 Å². The summed E-state index contributed by atoms with van der Waals surface area (Å²) in [5, 5.41) is 2.91. The van der Waals surface area contributed by atoms with Crippen molar-refractivity contribution in [3.8, 4) is 0 Å². The first-order chi connectivity index (χ1) is 8.69. The maximum atomic E-state index is 12.4. The van der Waals surface area contributed by atoms with E-state index in [1.54, 1.807) is 11.8 Å². The molecular weight excluding hydrogens is 248 g/mol. The largest absolute Gasteiger partial charge is 0.342 e. The Bertz CT molecular complexity index is 331. The fourth-order valence-corrected chi connectivity index (χ4v) is 3.00. The van der Waals surface area contributed by atoms with Crippen LogP contribution in [0, 0.1) is 5.92 Å². The van der Waals surface area contributed by atoms with Crippen LogP contribution in [0.1, 0.15) is 32.6 Å². The molecule has 1 saturated carbocycles. The first kappa shape index (κ1) is 13.7. The Morgan fingerprint density at radius 1 is 1.39 bits per heavy atom. The normalized spacial score (nSPS) is 28.4. The molecule has 0 aromatic rings. The van der Waals surface area contributed by atoms with Crippen LogP contribution < -0.4 is 5.32 Å². The lowest BCUT2D eigenvalue weighted by Crippen LogP contribution is -2.63. The third-order valence-corrected chi connectivity index (χ3v) is 4.45. The second-order valence-corrected chi connectivity index (χ2v) is 6.11. The maximum absolute atomic E-state index is 12.4. The molecule has 0 spiro atoms. The van der Waals surface area contributed by atoms with Gasteiger partial charge in [0.2, 0.25) is 11.8 Å². The molecule has 2 fully saturated rings. The second kappa shape index (κ2) is 5.95. The summed E-state index contributed by atoms with van der Waals surface area (Å²) in [7, 11) is 0. The summed E-state index contributed by atoms with van der Waals surface area (Å²) in [6.07, 6.45) is 5.88. The average Bonchev–Trinajstić information content (AvgIpc) is 3.17. The first-order valence-electron chi connectivity index (χ1n) is 6.78. The number of carbonyl (C=O) groups excluding carboxylic acids is 2. The fraction of sp³-hybridized carbons (Fsp3) is 0.846. The number of amides is 2. The Morgan fingerprint density at radius 3 is 2.67 bits per heavy atom. The number of nitrogens with one attached hydrogen (secondary N) is 1. The van der Waals surface area contributed by atoms with Crippen molar-refractivity contribution in [3.63, 3.8) is 0 Å². The zero-order valence-electron chi connectivity index (χ0n) is 11.1. The van der Waals surface area contributed by atoms with Gasteiger partial charge in [-0.05, 0) is 43.6 Å². The quantitative estimate of drug-likeness (QED) is 0.739. The summed E-state index contributed by atoms with van der Waals surface area (Å²) >= 11 is 1.78. The highest BCUT2D eigenvalue weighted by molar-refractivity contribution is 7.98. The number of piperazine rings is 1. The van der Waals surface area contributed by atoms with Crippen LogP contribution in [0.25, 0.3) is 0 Å². The molecule has 2 amide bonds. The summed E-state index contributed by atoms with van der Waals surface area (Å²) < 4.78 is 0. The fourth-order valence-electron chi connectivity index (χ4n) is 2.59. The Morgan fingerprint density at radius 2 is 2.11 bits per heavy atom. The van der Waals surface area contributed by atoms with Gasteiger partial charge in [-0.1, -0.05) is 6.92 Å². The van der Waals surface area contributed by atoms with E-state index in [-0.39, 0.29) is 23.9 Å². The van der Waals surface area contributed by atoms with Gasteiger partial charge in [0.05, 0.1) is 0 Å². The Labute approximate surface area is 113 Å². The summed E-state index contributed by atoms with van der Waals surface area (Å²) in [6.45, 7) is 2.69. The van der Waals surface area contributed by atoms with Crippen LogP contribution in [0.15, 0.2) is 0 Å². The molecule has 1 N–H and O–H groups in total. The van der Waals surface area contributed by atoms with Crippen LogP contribution in [0.3, 0.4) is 0 Å². The van der Waals surface area contributed by atoms with Gasteiger partial charge in [0.25, 0.3) is 0 Å². The molecule has 1 heterocycles. The predicted molar refractivity (Wildman–Crippen MR) is 73.4 cm³/mol. The van der Waals surface area contributed by atoms with E-state index < -0.39 is 0 Å².